The highest BCUT2D eigenvalue weighted by molar-refractivity contribution is 4.76. The molecule has 132 valence electrons. The van der Waals surface area contributed by atoms with Crippen molar-refractivity contribution in [1.29, 1.82) is 0 Å². The highest BCUT2D eigenvalue weighted by Gasteiger charge is 2.20. The lowest BCUT2D eigenvalue weighted by molar-refractivity contribution is 0.109. The summed E-state index contributed by atoms with van der Waals surface area (Å²) in [6.45, 7) is 19.1. The molecule has 1 unspecified atom stereocenters. The van der Waals surface area contributed by atoms with Gasteiger partial charge in [0, 0.05) is 32.7 Å². The van der Waals surface area contributed by atoms with Gasteiger partial charge >= 0.3 is 0 Å². The van der Waals surface area contributed by atoms with Crippen molar-refractivity contribution in [3.05, 3.63) is 0 Å². The van der Waals surface area contributed by atoms with Crippen molar-refractivity contribution in [2.75, 3.05) is 59.4 Å². The van der Waals surface area contributed by atoms with E-state index in [0.717, 1.165) is 11.8 Å². The molecule has 0 bridgehead atoms. The molecule has 2 aliphatic rings. The lowest BCUT2D eigenvalue weighted by atomic mass is 9.93. The maximum atomic E-state index is 2.70. The quantitative estimate of drug-likeness (QED) is 0.744. The molecule has 3 nitrogen and oxygen atoms in total. The zero-order valence-corrected chi connectivity index (χ0v) is 16.0. The number of nitrogens with zero attached hydrogens (tertiary/aromatic N) is 3. The fraction of sp³-hybridized carbons (Fsp3) is 1.00. The summed E-state index contributed by atoms with van der Waals surface area (Å²) in [5.41, 5.74) is 0. The molecular formula is C19H41N3. The topological polar surface area (TPSA) is 9.72 Å². The highest BCUT2D eigenvalue weighted by atomic mass is 15.3. The van der Waals surface area contributed by atoms with Gasteiger partial charge in [-0.2, -0.15) is 0 Å². The minimum absolute atomic E-state index is 0.862. The third-order valence-corrected chi connectivity index (χ3v) is 5.42. The summed E-state index contributed by atoms with van der Waals surface area (Å²) < 4.78 is 0. The minimum Gasteiger partial charge on any atom is -0.306 e. The van der Waals surface area contributed by atoms with Crippen LogP contribution >= 0.6 is 0 Å². The average molecular weight is 312 g/mol. The Bertz CT molecular complexity index is 253. The fourth-order valence-electron chi connectivity index (χ4n) is 3.48. The van der Waals surface area contributed by atoms with Crippen molar-refractivity contribution in [1.82, 2.24) is 14.7 Å². The summed E-state index contributed by atoms with van der Waals surface area (Å²) in [5.74, 6) is 1.85. The van der Waals surface area contributed by atoms with Crippen molar-refractivity contribution in [2.45, 2.75) is 53.4 Å². The standard InChI is InChI=1S/C17H35N3.C2H6/c1-4-16(2)15-20-13-11-19(12-14-20)10-7-17-5-8-18(3)9-6-17;1-2/h16-17H,4-15H2,1-3H3;1-2H3. The molecule has 0 amide bonds. The van der Waals surface area contributed by atoms with Crippen LogP contribution in [-0.2, 0) is 0 Å². The predicted octanol–water partition coefficient (Wildman–Crippen LogP) is 3.41. The molecule has 2 aliphatic heterocycles. The van der Waals surface area contributed by atoms with Crippen LogP contribution in [0, 0.1) is 11.8 Å². The van der Waals surface area contributed by atoms with Gasteiger partial charge in [0.15, 0.2) is 0 Å². The largest absolute Gasteiger partial charge is 0.306 e. The SMILES string of the molecule is CC.CCC(C)CN1CCN(CCC2CCN(C)CC2)CC1. The first kappa shape index (κ1) is 19.9. The van der Waals surface area contributed by atoms with E-state index >= 15 is 0 Å². The number of piperidine rings is 1. The Morgan fingerprint density at radius 2 is 1.45 bits per heavy atom. The Hall–Kier alpha value is -0.120. The molecular weight excluding hydrogens is 270 g/mol. The molecule has 3 heteroatoms. The molecule has 0 radical (unpaired) electrons. The molecule has 0 saturated carbocycles. The Morgan fingerprint density at radius 3 is 2.00 bits per heavy atom. The summed E-state index contributed by atoms with van der Waals surface area (Å²) in [7, 11) is 2.26. The first-order chi connectivity index (χ1) is 10.7. The third kappa shape index (κ3) is 7.43. The zero-order valence-electron chi connectivity index (χ0n) is 16.0. The summed E-state index contributed by atoms with van der Waals surface area (Å²) in [6, 6.07) is 0. The van der Waals surface area contributed by atoms with Crippen LogP contribution in [0.2, 0.25) is 0 Å². The second-order valence-corrected chi connectivity index (χ2v) is 7.19. The molecule has 0 N–H and O–H groups in total. The van der Waals surface area contributed by atoms with Crippen molar-refractivity contribution < 1.29 is 0 Å². The van der Waals surface area contributed by atoms with Gasteiger partial charge in [-0.1, -0.05) is 34.1 Å². The predicted molar refractivity (Wildman–Crippen MR) is 98.5 cm³/mol. The Balaban J connectivity index is 0.00000116. The maximum absolute atomic E-state index is 2.70. The molecule has 2 saturated heterocycles. The number of hydrogen-bond acceptors (Lipinski definition) is 3. The van der Waals surface area contributed by atoms with Gasteiger partial charge in [0.05, 0.1) is 0 Å². The van der Waals surface area contributed by atoms with Crippen LogP contribution in [0.15, 0.2) is 0 Å². The summed E-state index contributed by atoms with van der Waals surface area (Å²) >= 11 is 0. The Labute approximate surface area is 140 Å². The Kier molecular flexibility index (Phi) is 10.3. The highest BCUT2D eigenvalue weighted by Crippen LogP contribution is 2.20. The van der Waals surface area contributed by atoms with Gasteiger partial charge in [0.25, 0.3) is 0 Å². The molecule has 0 aromatic heterocycles. The number of likely N-dealkylation sites (tertiary alicyclic amines) is 1. The van der Waals surface area contributed by atoms with Crippen LogP contribution in [-0.4, -0.2) is 74.1 Å². The maximum Gasteiger partial charge on any atom is 0.0110 e. The third-order valence-electron chi connectivity index (χ3n) is 5.42. The van der Waals surface area contributed by atoms with Gasteiger partial charge in [-0.05, 0) is 57.8 Å². The van der Waals surface area contributed by atoms with E-state index in [1.165, 1.54) is 78.0 Å². The summed E-state index contributed by atoms with van der Waals surface area (Å²) in [6.07, 6.45) is 5.59. The lowest BCUT2D eigenvalue weighted by Gasteiger charge is -2.37. The van der Waals surface area contributed by atoms with Gasteiger partial charge in [-0.15, -0.1) is 0 Å². The van der Waals surface area contributed by atoms with Gasteiger partial charge in [0.1, 0.15) is 0 Å². The van der Waals surface area contributed by atoms with E-state index < -0.39 is 0 Å². The van der Waals surface area contributed by atoms with Crippen molar-refractivity contribution in [2.24, 2.45) is 11.8 Å². The molecule has 1 atom stereocenters. The van der Waals surface area contributed by atoms with Crippen molar-refractivity contribution in [3.8, 4) is 0 Å². The van der Waals surface area contributed by atoms with Crippen LogP contribution < -0.4 is 0 Å². The molecule has 22 heavy (non-hydrogen) atoms. The van der Waals surface area contributed by atoms with E-state index in [1.54, 1.807) is 0 Å². The van der Waals surface area contributed by atoms with Gasteiger partial charge in [-0.3, -0.25) is 0 Å². The van der Waals surface area contributed by atoms with E-state index in [1.807, 2.05) is 13.8 Å². The second-order valence-electron chi connectivity index (χ2n) is 7.19. The average Bonchev–Trinajstić information content (AvgIpc) is 2.57. The van der Waals surface area contributed by atoms with Gasteiger partial charge < -0.3 is 14.7 Å². The van der Waals surface area contributed by atoms with Crippen LogP contribution in [0.3, 0.4) is 0 Å². The van der Waals surface area contributed by atoms with Crippen LogP contribution in [0.1, 0.15) is 53.4 Å². The zero-order chi connectivity index (χ0) is 16.4. The van der Waals surface area contributed by atoms with Crippen LogP contribution in [0.4, 0.5) is 0 Å². The van der Waals surface area contributed by atoms with Crippen LogP contribution in [0.5, 0.6) is 0 Å². The van der Waals surface area contributed by atoms with E-state index in [4.69, 9.17) is 0 Å². The van der Waals surface area contributed by atoms with Gasteiger partial charge in [-0.25, -0.2) is 0 Å². The molecule has 0 aliphatic carbocycles. The number of piperazine rings is 1. The molecule has 0 aromatic carbocycles. The summed E-state index contributed by atoms with van der Waals surface area (Å²) in [4.78, 5) is 7.84. The monoisotopic (exact) mass is 311 g/mol. The first-order valence-electron chi connectivity index (χ1n) is 9.80. The first-order valence-corrected chi connectivity index (χ1v) is 9.80. The molecule has 0 aromatic rings. The van der Waals surface area contributed by atoms with Crippen LogP contribution in [0.25, 0.3) is 0 Å². The van der Waals surface area contributed by atoms with E-state index in [0.29, 0.717) is 0 Å². The smallest absolute Gasteiger partial charge is 0.0110 e. The van der Waals surface area contributed by atoms with Crippen molar-refractivity contribution >= 4 is 0 Å². The molecule has 2 heterocycles. The van der Waals surface area contributed by atoms with Crippen molar-refractivity contribution in [3.63, 3.8) is 0 Å². The Morgan fingerprint density at radius 1 is 0.909 bits per heavy atom. The normalized spacial score (nSPS) is 23.9. The fourth-order valence-corrected chi connectivity index (χ4v) is 3.48. The van der Waals surface area contributed by atoms with E-state index in [9.17, 15) is 0 Å². The second kappa shape index (κ2) is 11.4. The number of rotatable bonds is 6. The molecule has 2 fully saturated rings. The summed E-state index contributed by atoms with van der Waals surface area (Å²) in [5, 5.41) is 0. The van der Waals surface area contributed by atoms with E-state index in [2.05, 4.69) is 35.6 Å². The molecule has 0 spiro atoms. The van der Waals surface area contributed by atoms with Gasteiger partial charge in [0.2, 0.25) is 0 Å². The van der Waals surface area contributed by atoms with E-state index in [-0.39, 0.29) is 0 Å². The molecule has 2 rings (SSSR count). The lowest BCUT2D eigenvalue weighted by Crippen LogP contribution is -2.48. The minimum atomic E-state index is 0.862. The number of hydrogen-bond donors (Lipinski definition) is 0.